The average molecular weight is 896 g/mol. The Bertz CT molecular complexity index is 825. The normalized spacial score (nSPS) is 11.7. The maximum absolute atomic E-state index is 13.2. The van der Waals surface area contributed by atoms with Gasteiger partial charge in [-0.2, -0.15) is 0 Å². The van der Waals surface area contributed by atoms with Gasteiger partial charge in [0, 0.05) is 13.7 Å². The van der Waals surface area contributed by atoms with Gasteiger partial charge >= 0.3 is 11.9 Å². The van der Waals surface area contributed by atoms with Crippen molar-refractivity contribution in [2.75, 3.05) is 73.0 Å². The smallest absolute Gasteiger partial charge is 0.308 e. The van der Waals surface area contributed by atoms with Crippen LogP contribution >= 0.6 is 0 Å². The molecule has 0 rings (SSSR count). The van der Waals surface area contributed by atoms with E-state index in [1.807, 2.05) is 0 Å². The minimum absolute atomic E-state index is 0.0572. The zero-order valence-corrected chi connectivity index (χ0v) is 43.0. The van der Waals surface area contributed by atoms with Crippen molar-refractivity contribution in [1.29, 1.82) is 0 Å². The molecular formula is C55H109NO7. The van der Waals surface area contributed by atoms with Crippen LogP contribution in [0.15, 0.2) is 0 Å². The van der Waals surface area contributed by atoms with E-state index in [1.54, 1.807) is 7.11 Å². The molecule has 0 spiro atoms. The monoisotopic (exact) mass is 896 g/mol. The van der Waals surface area contributed by atoms with Crippen LogP contribution in [0.1, 0.15) is 259 Å². The van der Waals surface area contributed by atoms with Crippen molar-refractivity contribution >= 4 is 11.9 Å². The lowest BCUT2D eigenvalue weighted by molar-refractivity contribution is -0.150. The van der Waals surface area contributed by atoms with Gasteiger partial charge in [-0.1, -0.05) is 207 Å². The molecule has 0 aliphatic carbocycles. The Hall–Kier alpha value is -1.22. The summed E-state index contributed by atoms with van der Waals surface area (Å²) >= 11 is 0. The Labute approximate surface area is 392 Å². The number of methoxy groups -OCH3 is 1. The molecule has 0 heterocycles. The van der Waals surface area contributed by atoms with E-state index in [9.17, 15) is 9.59 Å². The summed E-state index contributed by atoms with van der Waals surface area (Å²) in [6.07, 6.45) is 43.0. The summed E-state index contributed by atoms with van der Waals surface area (Å²) in [6.45, 7) is 16.3. The van der Waals surface area contributed by atoms with Gasteiger partial charge in [-0.15, -0.1) is 0 Å². The number of carbonyl (C=O) groups is 2. The second kappa shape index (κ2) is 51.8. The van der Waals surface area contributed by atoms with Crippen molar-refractivity contribution in [2.45, 2.75) is 259 Å². The van der Waals surface area contributed by atoms with E-state index in [0.29, 0.717) is 46.2 Å². The lowest BCUT2D eigenvalue weighted by Gasteiger charge is -2.22. The molecule has 8 heteroatoms. The largest absolute Gasteiger partial charge is 0.465 e. The molecule has 8 nitrogen and oxygen atoms in total. The molecule has 0 amide bonds. The summed E-state index contributed by atoms with van der Waals surface area (Å²) in [6, 6.07) is 0. The molecule has 0 N–H and O–H groups in total. The SMILES string of the molecule is CCCCCCCCC(CCCCCCCC)C(=O)OCCCCCCN(CCCCCCOC(=O)C(CCCCCCCC)CCCCCCCC)CCOCCOCCOC. The molecule has 0 saturated carbocycles. The van der Waals surface area contributed by atoms with Crippen molar-refractivity contribution in [2.24, 2.45) is 11.8 Å². The molecule has 0 atom stereocenters. The van der Waals surface area contributed by atoms with Crippen LogP contribution in [0.2, 0.25) is 0 Å². The highest BCUT2D eigenvalue weighted by molar-refractivity contribution is 5.72. The fraction of sp³-hybridized carbons (Fsp3) is 0.964. The number of hydrogen-bond donors (Lipinski definition) is 0. The van der Waals surface area contributed by atoms with E-state index in [0.717, 1.165) is 122 Å². The Balaban J connectivity index is 4.69. The minimum Gasteiger partial charge on any atom is -0.465 e. The molecule has 0 aromatic carbocycles. The molecule has 0 aliphatic rings. The van der Waals surface area contributed by atoms with Gasteiger partial charge in [0.05, 0.1) is 58.1 Å². The summed E-state index contributed by atoms with van der Waals surface area (Å²) in [5, 5.41) is 0. The van der Waals surface area contributed by atoms with Gasteiger partial charge in [0.15, 0.2) is 0 Å². The molecule has 0 saturated heterocycles. The summed E-state index contributed by atoms with van der Waals surface area (Å²) in [5.41, 5.74) is 0. The van der Waals surface area contributed by atoms with Gasteiger partial charge in [0.1, 0.15) is 0 Å². The summed E-state index contributed by atoms with van der Waals surface area (Å²) in [7, 11) is 1.69. The van der Waals surface area contributed by atoms with Gasteiger partial charge in [0.25, 0.3) is 0 Å². The quantitative estimate of drug-likeness (QED) is 0.0441. The standard InChI is InChI=1S/C55H109NO7/c1-6-10-14-18-22-30-38-52(39-31-23-19-15-11-7-2)54(57)62-45-36-28-26-34-42-56(44-47-60-50-51-61-49-48-59-5)43-35-27-29-37-46-63-55(58)53(40-32-24-20-16-12-8-3)41-33-25-21-17-13-9-4/h52-53H,6-51H2,1-5H3. The number of rotatable bonds is 53. The number of ether oxygens (including phenoxy) is 5. The van der Waals surface area contributed by atoms with Crippen molar-refractivity contribution in [1.82, 2.24) is 4.90 Å². The van der Waals surface area contributed by atoms with Crippen LogP contribution in [0.5, 0.6) is 0 Å². The molecule has 0 radical (unpaired) electrons. The van der Waals surface area contributed by atoms with E-state index in [1.165, 1.54) is 128 Å². The highest BCUT2D eigenvalue weighted by Gasteiger charge is 2.20. The maximum Gasteiger partial charge on any atom is 0.308 e. The Morgan fingerprint density at radius 1 is 0.333 bits per heavy atom. The first kappa shape index (κ1) is 61.8. The lowest BCUT2D eigenvalue weighted by atomic mass is 9.94. The number of nitrogens with zero attached hydrogens (tertiary/aromatic N) is 1. The van der Waals surface area contributed by atoms with E-state index >= 15 is 0 Å². The number of esters is 2. The van der Waals surface area contributed by atoms with Crippen molar-refractivity contribution < 1.29 is 33.3 Å². The van der Waals surface area contributed by atoms with Gasteiger partial charge in [-0.25, -0.2) is 0 Å². The van der Waals surface area contributed by atoms with Crippen LogP contribution in [0.4, 0.5) is 0 Å². The third-order valence-corrected chi connectivity index (χ3v) is 12.9. The van der Waals surface area contributed by atoms with Crippen LogP contribution in [-0.2, 0) is 33.3 Å². The van der Waals surface area contributed by atoms with Gasteiger partial charge in [-0.3, -0.25) is 9.59 Å². The lowest BCUT2D eigenvalue weighted by Crippen LogP contribution is -2.30. The van der Waals surface area contributed by atoms with E-state index < -0.39 is 0 Å². The van der Waals surface area contributed by atoms with Gasteiger partial charge in [0.2, 0.25) is 0 Å². The molecule has 376 valence electrons. The van der Waals surface area contributed by atoms with E-state index in [-0.39, 0.29) is 23.8 Å². The Kier molecular flexibility index (Phi) is 50.8. The number of carbonyl (C=O) groups excluding carboxylic acids is 2. The first-order chi connectivity index (χ1) is 31.0. The predicted octanol–water partition coefficient (Wildman–Crippen LogP) is 15.4. The zero-order valence-electron chi connectivity index (χ0n) is 43.0. The Morgan fingerprint density at radius 2 is 0.635 bits per heavy atom. The second-order valence-corrected chi connectivity index (χ2v) is 18.8. The van der Waals surface area contributed by atoms with Crippen molar-refractivity contribution in [3.8, 4) is 0 Å². The minimum atomic E-state index is 0.0572. The highest BCUT2D eigenvalue weighted by Crippen LogP contribution is 2.23. The summed E-state index contributed by atoms with van der Waals surface area (Å²) < 4.78 is 28.4. The predicted molar refractivity (Wildman–Crippen MR) is 268 cm³/mol. The molecule has 0 bridgehead atoms. The second-order valence-electron chi connectivity index (χ2n) is 18.8. The number of hydrogen-bond acceptors (Lipinski definition) is 8. The summed E-state index contributed by atoms with van der Waals surface area (Å²) in [4.78, 5) is 28.9. The van der Waals surface area contributed by atoms with Crippen molar-refractivity contribution in [3.63, 3.8) is 0 Å². The summed E-state index contributed by atoms with van der Waals surface area (Å²) in [5.74, 6) is 0.275. The Morgan fingerprint density at radius 3 is 1.00 bits per heavy atom. The number of unbranched alkanes of at least 4 members (excludes halogenated alkanes) is 26. The van der Waals surface area contributed by atoms with Crippen LogP contribution < -0.4 is 0 Å². The van der Waals surface area contributed by atoms with E-state index in [4.69, 9.17) is 23.7 Å². The van der Waals surface area contributed by atoms with Gasteiger partial charge in [-0.05, 0) is 64.5 Å². The molecule has 0 fully saturated rings. The van der Waals surface area contributed by atoms with Crippen molar-refractivity contribution in [3.05, 3.63) is 0 Å². The average Bonchev–Trinajstić information content (AvgIpc) is 3.29. The highest BCUT2D eigenvalue weighted by atomic mass is 16.5. The topological polar surface area (TPSA) is 83.5 Å². The molecule has 0 aromatic heterocycles. The fourth-order valence-electron chi connectivity index (χ4n) is 8.60. The third kappa shape index (κ3) is 44.4. The first-order valence-electron chi connectivity index (χ1n) is 27.7. The van der Waals surface area contributed by atoms with Crippen LogP contribution in [0, 0.1) is 11.8 Å². The maximum atomic E-state index is 13.2. The third-order valence-electron chi connectivity index (χ3n) is 12.9. The first-order valence-corrected chi connectivity index (χ1v) is 27.7. The van der Waals surface area contributed by atoms with E-state index in [2.05, 4.69) is 32.6 Å². The van der Waals surface area contributed by atoms with Crippen LogP contribution in [0.25, 0.3) is 0 Å². The fourth-order valence-corrected chi connectivity index (χ4v) is 8.60. The molecule has 0 aromatic rings. The molecule has 0 aliphatic heterocycles. The van der Waals surface area contributed by atoms with Crippen LogP contribution in [0.3, 0.4) is 0 Å². The molecular weight excluding hydrogens is 787 g/mol. The molecule has 63 heavy (non-hydrogen) atoms. The van der Waals surface area contributed by atoms with Crippen LogP contribution in [-0.4, -0.2) is 89.8 Å². The zero-order chi connectivity index (χ0) is 45.9. The molecule has 0 unspecified atom stereocenters. The van der Waals surface area contributed by atoms with Gasteiger partial charge < -0.3 is 28.6 Å².